The number of aldehydes is 1. The summed E-state index contributed by atoms with van der Waals surface area (Å²) in [4.78, 5) is 11.0. The summed E-state index contributed by atoms with van der Waals surface area (Å²) in [5.41, 5.74) is 2.95. The molecule has 1 rings (SSSR count). The van der Waals surface area contributed by atoms with E-state index >= 15 is 0 Å². The van der Waals surface area contributed by atoms with E-state index in [1.807, 2.05) is 26.8 Å². The minimum Gasteiger partial charge on any atom is -0.380 e. The molecule has 0 saturated carbocycles. The van der Waals surface area contributed by atoms with Gasteiger partial charge in [-0.3, -0.25) is 4.79 Å². The molecule has 0 aliphatic rings. The van der Waals surface area contributed by atoms with Crippen molar-refractivity contribution in [2.75, 3.05) is 13.2 Å². The van der Waals surface area contributed by atoms with Gasteiger partial charge in [-0.25, -0.2) is 0 Å². The summed E-state index contributed by atoms with van der Waals surface area (Å²) in [6.45, 7) is 11.8. The number of rotatable bonds is 6. The highest BCUT2D eigenvalue weighted by Gasteiger charge is 2.20. The number of aromatic nitrogens is 1. The molecule has 0 aliphatic carbocycles. The normalized spacial score (nSPS) is 13.1. The molecule has 0 saturated heterocycles. The highest BCUT2D eigenvalue weighted by Crippen LogP contribution is 2.25. The molecule has 0 aliphatic heterocycles. The Morgan fingerprint density at radius 3 is 2.47 bits per heavy atom. The first-order valence-electron chi connectivity index (χ1n) is 6.24. The molecule has 0 radical (unpaired) electrons. The van der Waals surface area contributed by atoms with Crippen LogP contribution in [0.1, 0.15) is 48.6 Å². The van der Waals surface area contributed by atoms with Gasteiger partial charge in [-0.1, -0.05) is 13.8 Å². The average molecular weight is 237 g/mol. The number of carbonyl (C=O) groups is 1. The average Bonchev–Trinajstić information content (AvgIpc) is 2.56. The summed E-state index contributed by atoms with van der Waals surface area (Å²) in [5, 5.41) is 0. The van der Waals surface area contributed by atoms with Gasteiger partial charge in [-0.05, 0) is 32.8 Å². The summed E-state index contributed by atoms with van der Waals surface area (Å²) in [6.07, 6.45) is 0.927. The van der Waals surface area contributed by atoms with Crippen LogP contribution in [0.2, 0.25) is 0 Å². The summed E-state index contributed by atoms with van der Waals surface area (Å²) < 4.78 is 7.78. The third-order valence-corrected chi connectivity index (χ3v) is 3.24. The fourth-order valence-corrected chi connectivity index (χ4v) is 2.24. The number of nitrogens with zero attached hydrogens (tertiary/aromatic N) is 1. The Labute approximate surface area is 104 Å². The van der Waals surface area contributed by atoms with Crippen LogP contribution in [-0.4, -0.2) is 24.1 Å². The molecule has 1 unspecified atom stereocenters. The maximum absolute atomic E-state index is 11.0. The standard InChI is InChI=1S/C14H23NO2/c1-6-17-9-14(10(2)3)15-11(4)7-13(8-16)12(15)5/h7-8,10,14H,6,9H2,1-5H3. The van der Waals surface area contributed by atoms with Crippen molar-refractivity contribution < 1.29 is 9.53 Å². The van der Waals surface area contributed by atoms with Crippen molar-refractivity contribution in [2.24, 2.45) is 5.92 Å². The van der Waals surface area contributed by atoms with E-state index in [9.17, 15) is 4.79 Å². The van der Waals surface area contributed by atoms with Crippen LogP contribution in [0.5, 0.6) is 0 Å². The molecular weight excluding hydrogens is 214 g/mol. The Kier molecular flexibility index (Phi) is 4.94. The molecule has 1 aromatic heterocycles. The molecule has 0 amide bonds. The Morgan fingerprint density at radius 2 is 2.06 bits per heavy atom. The van der Waals surface area contributed by atoms with Crippen LogP contribution >= 0.6 is 0 Å². The van der Waals surface area contributed by atoms with E-state index in [4.69, 9.17) is 4.74 Å². The second kappa shape index (κ2) is 6.01. The van der Waals surface area contributed by atoms with Crippen molar-refractivity contribution in [1.82, 2.24) is 4.57 Å². The van der Waals surface area contributed by atoms with Gasteiger partial charge in [-0.2, -0.15) is 0 Å². The van der Waals surface area contributed by atoms with Gasteiger partial charge in [0.15, 0.2) is 6.29 Å². The maximum Gasteiger partial charge on any atom is 0.151 e. The van der Waals surface area contributed by atoms with E-state index in [-0.39, 0.29) is 0 Å². The van der Waals surface area contributed by atoms with E-state index in [0.29, 0.717) is 18.6 Å². The zero-order valence-electron chi connectivity index (χ0n) is 11.5. The molecule has 1 aromatic rings. The van der Waals surface area contributed by atoms with Gasteiger partial charge in [0.2, 0.25) is 0 Å². The zero-order valence-corrected chi connectivity index (χ0v) is 11.5. The fourth-order valence-electron chi connectivity index (χ4n) is 2.24. The second-order valence-corrected chi connectivity index (χ2v) is 4.79. The minimum absolute atomic E-state index is 0.295. The highest BCUT2D eigenvalue weighted by molar-refractivity contribution is 5.77. The molecular formula is C14H23NO2. The van der Waals surface area contributed by atoms with Gasteiger partial charge in [0.25, 0.3) is 0 Å². The quantitative estimate of drug-likeness (QED) is 0.712. The lowest BCUT2D eigenvalue weighted by Gasteiger charge is -2.26. The van der Waals surface area contributed by atoms with Crippen molar-refractivity contribution in [1.29, 1.82) is 0 Å². The van der Waals surface area contributed by atoms with Gasteiger partial charge in [0, 0.05) is 23.6 Å². The van der Waals surface area contributed by atoms with Gasteiger partial charge in [0.05, 0.1) is 12.6 Å². The summed E-state index contributed by atoms with van der Waals surface area (Å²) >= 11 is 0. The van der Waals surface area contributed by atoms with Crippen LogP contribution in [0, 0.1) is 19.8 Å². The molecule has 3 nitrogen and oxygen atoms in total. The van der Waals surface area contributed by atoms with Gasteiger partial charge in [-0.15, -0.1) is 0 Å². The van der Waals surface area contributed by atoms with Crippen molar-refractivity contribution in [3.05, 3.63) is 23.0 Å². The van der Waals surface area contributed by atoms with Crippen LogP contribution < -0.4 is 0 Å². The molecule has 0 spiro atoms. The number of carbonyl (C=O) groups excluding carboxylic acids is 1. The first-order chi connectivity index (χ1) is 8.02. The molecule has 1 atom stereocenters. The topological polar surface area (TPSA) is 31.2 Å². The maximum atomic E-state index is 11.0. The lowest BCUT2D eigenvalue weighted by molar-refractivity contribution is 0.0949. The van der Waals surface area contributed by atoms with Crippen molar-refractivity contribution >= 4 is 6.29 Å². The van der Waals surface area contributed by atoms with E-state index in [1.54, 1.807) is 0 Å². The Balaban J connectivity index is 3.09. The zero-order chi connectivity index (χ0) is 13.0. The SMILES string of the molecule is CCOCC(C(C)C)n1c(C)cc(C=O)c1C. The Hall–Kier alpha value is -1.09. The first-order valence-corrected chi connectivity index (χ1v) is 6.24. The molecule has 0 fully saturated rings. The summed E-state index contributed by atoms with van der Waals surface area (Å²) in [6, 6.07) is 2.24. The largest absolute Gasteiger partial charge is 0.380 e. The third-order valence-electron chi connectivity index (χ3n) is 3.24. The lowest BCUT2D eigenvalue weighted by Crippen LogP contribution is -2.23. The lowest BCUT2D eigenvalue weighted by atomic mass is 10.0. The van der Waals surface area contributed by atoms with E-state index in [0.717, 1.165) is 29.8 Å². The number of hydrogen-bond donors (Lipinski definition) is 0. The van der Waals surface area contributed by atoms with Crippen LogP contribution in [0.15, 0.2) is 6.07 Å². The van der Waals surface area contributed by atoms with Gasteiger partial charge >= 0.3 is 0 Å². The number of hydrogen-bond acceptors (Lipinski definition) is 2. The highest BCUT2D eigenvalue weighted by atomic mass is 16.5. The van der Waals surface area contributed by atoms with Crippen molar-refractivity contribution in [3.63, 3.8) is 0 Å². The Morgan fingerprint density at radius 1 is 1.41 bits per heavy atom. The van der Waals surface area contributed by atoms with Crippen LogP contribution in [-0.2, 0) is 4.74 Å². The molecule has 96 valence electrons. The van der Waals surface area contributed by atoms with Crippen molar-refractivity contribution in [3.8, 4) is 0 Å². The predicted molar refractivity (Wildman–Crippen MR) is 69.7 cm³/mol. The number of ether oxygens (including phenoxy) is 1. The number of aryl methyl sites for hydroxylation is 1. The second-order valence-electron chi connectivity index (χ2n) is 4.79. The first kappa shape index (κ1) is 14.0. The molecule has 17 heavy (non-hydrogen) atoms. The van der Waals surface area contributed by atoms with Crippen LogP contribution in [0.3, 0.4) is 0 Å². The minimum atomic E-state index is 0.295. The van der Waals surface area contributed by atoms with Crippen LogP contribution in [0.4, 0.5) is 0 Å². The van der Waals surface area contributed by atoms with E-state index in [1.165, 1.54) is 0 Å². The van der Waals surface area contributed by atoms with E-state index in [2.05, 4.69) is 18.4 Å². The molecule has 3 heteroatoms. The summed E-state index contributed by atoms with van der Waals surface area (Å²) in [5.74, 6) is 0.478. The van der Waals surface area contributed by atoms with Gasteiger partial charge in [0.1, 0.15) is 0 Å². The smallest absolute Gasteiger partial charge is 0.151 e. The predicted octanol–water partition coefficient (Wildman–Crippen LogP) is 3.15. The van der Waals surface area contributed by atoms with Gasteiger partial charge < -0.3 is 9.30 Å². The van der Waals surface area contributed by atoms with Crippen molar-refractivity contribution in [2.45, 2.75) is 40.7 Å². The molecule has 1 heterocycles. The molecule has 0 N–H and O–H groups in total. The third kappa shape index (κ3) is 2.97. The van der Waals surface area contributed by atoms with E-state index < -0.39 is 0 Å². The monoisotopic (exact) mass is 237 g/mol. The molecule has 0 aromatic carbocycles. The van der Waals surface area contributed by atoms with Crippen LogP contribution in [0.25, 0.3) is 0 Å². The molecule has 0 bridgehead atoms. The fraction of sp³-hybridized carbons (Fsp3) is 0.643. The Bertz CT molecular complexity index is 380. The summed E-state index contributed by atoms with van der Waals surface area (Å²) in [7, 11) is 0.